The molecular formula is C23H27N3O6S. The van der Waals surface area contributed by atoms with Gasteiger partial charge in [0.2, 0.25) is 28.6 Å². The van der Waals surface area contributed by atoms with Crippen LogP contribution in [0.1, 0.15) is 25.8 Å². The van der Waals surface area contributed by atoms with E-state index in [4.69, 9.17) is 9.47 Å². The number of amides is 2. The van der Waals surface area contributed by atoms with E-state index >= 15 is 0 Å². The Balaban J connectivity index is 1.35. The van der Waals surface area contributed by atoms with Gasteiger partial charge in [-0.1, -0.05) is 12.1 Å². The maximum absolute atomic E-state index is 12.7. The van der Waals surface area contributed by atoms with Crippen LogP contribution in [0.4, 0.5) is 5.69 Å². The molecule has 2 heterocycles. The van der Waals surface area contributed by atoms with E-state index in [-0.39, 0.29) is 49.1 Å². The molecule has 0 aromatic heterocycles. The summed E-state index contributed by atoms with van der Waals surface area (Å²) < 4.78 is 37.1. The smallest absolute Gasteiger partial charge is 0.243 e. The standard InChI is InChI=1S/C23H27N3O6S/c1-15(2)25(3)33(29,30)19-7-4-16(5-8-19)12-24-23(28)17-10-22(27)26(13-17)18-6-9-20-21(11-18)32-14-31-20/h4-9,11,15,17H,10,12-14H2,1-3H3,(H,24,28). The number of nitrogens with one attached hydrogen (secondary N) is 1. The molecular weight excluding hydrogens is 446 g/mol. The summed E-state index contributed by atoms with van der Waals surface area (Å²) in [5.41, 5.74) is 1.44. The first-order chi connectivity index (χ1) is 15.7. The number of hydrogen-bond donors (Lipinski definition) is 1. The van der Waals surface area contributed by atoms with Crippen molar-refractivity contribution in [3.63, 3.8) is 0 Å². The summed E-state index contributed by atoms with van der Waals surface area (Å²) in [6, 6.07) is 11.6. The molecule has 0 radical (unpaired) electrons. The molecule has 1 atom stereocenters. The van der Waals surface area contributed by atoms with Gasteiger partial charge in [0, 0.05) is 44.4 Å². The van der Waals surface area contributed by atoms with Crippen LogP contribution >= 0.6 is 0 Å². The zero-order chi connectivity index (χ0) is 23.8. The summed E-state index contributed by atoms with van der Waals surface area (Å²) in [7, 11) is -2.01. The van der Waals surface area contributed by atoms with Gasteiger partial charge in [0.1, 0.15) is 0 Å². The molecule has 2 aliphatic rings. The maximum Gasteiger partial charge on any atom is 0.243 e. The summed E-state index contributed by atoms with van der Waals surface area (Å²) in [6.45, 7) is 4.29. The highest BCUT2D eigenvalue weighted by atomic mass is 32.2. The number of benzene rings is 2. The molecule has 1 unspecified atom stereocenters. The number of hydrogen-bond acceptors (Lipinski definition) is 6. The van der Waals surface area contributed by atoms with Gasteiger partial charge in [-0.3, -0.25) is 9.59 Å². The second-order valence-corrected chi connectivity index (χ2v) is 10.4. The zero-order valence-corrected chi connectivity index (χ0v) is 19.6. The van der Waals surface area contributed by atoms with Crippen molar-refractivity contribution in [3.05, 3.63) is 48.0 Å². The highest BCUT2D eigenvalue weighted by Crippen LogP contribution is 2.37. The quantitative estimate of drug-likeness (QED) is 0.660. The first-order valence-electron chi connectivity index (χ1n) is 10.7. The molecule has 10 heteroatoms. The van der Waals surface area contributed by atoms with Crippen molar-refractivity contribution in [2.45, 2.75) is 37.8 Å². The molecule has 2 aliphatic heterocycles. The van der Waals surface area contributed by atoms with Crippen molar-refractivity contribution in [3.8, 4) is 11.5 Å². The number of carbonyl (C=O) groups excluding carboxylic acids is 2. The fraction of sp³-hybridized carbons (Fsp3) is 0.391. The van der Waals surface area contributed by atoms with Gasteiger partial charge in [-0.05, 0) is 43.7 Å². The Labute approximate surface area is 193 Å². The van der Waals surface area contributed by atoms with Gasteiger partial charge in [0.05, 0.1) is 10.8 Å². The third-order valence-corrected chi connectivity index (χ3v) is 8.01. The molecule has 1 fully saturated rings. The van der Waals surface area contributed by atoms with E-state index < -0.39 is 15.9 Å². The summed E-state index contributed by atoms with van der Waals surface area (Å²) in [4.78, 5) is 27.0. The molecule has 4 rings (SSSR count). The maximum atomic E-state index is 12.7. The second-order valence-electron chi connectivity index (χ2n) is 8.42. The lowest BCUT2D eigenvalue weighted by Crippen LogP contribution is -2.33. The van der Waals surface area contributed by atoms with Crippen molar-refractivity contribution in [1.29, 1.82) is 0 Å². The molecule has 0 saturated carbocycles. The highest BCUT2D eigenvalue weighted by Gasteiger charge is 2.35. The van der Waals surface area contributed by atoms with E-state index in [0.717, 1.165) is 5.56 Å². The molecule has 0 spiro atoms. The number of fused-ring (bicyclic) bond motifs is 1. The molecule has 33 heavy (non-hydrogen) atoms. The lowest BCUT2D eigenvalue weighted by molar-refractivity contribution is -0.126. The SMILES string of the molecule is CC(C)N(C)S(=O)(=O)c1ccc(CNC(=O)C2CC(=O)N(c3ccc4c(c3)OCO4)C2)cc1. The van der Waals surface area contributed by atoms with E-state index in [0.29, 0.717) is 17.2 Å². The Kier molecular flexibility index (Phi) is 6.31. The molecule has 2 amide bonds. The van der Waals surface area contributed by atoms with Crippen LogP contribution in [0, 0.1) is 5.92 Å². The minimum Gasteiger partial charge on any atom is -0.454 e. The fourth-order valence-corrected chi connectivity index (χ4v) is 5.11. The average Bonchev–Trinajstić information content (AvgIpc) is 3.43. The van der Waals surface area contributed by atoms with Crippen molar-refractivity contribution >= 4 is 27.5 Å². The van der Waals surface area contributed by atoms with Crippen molar-refractivity contribution < 1.29 is 27.5 Å². The molecule has 9 nitrogen and oxygen atoms in total. The average molecular weight is 474 g/mol. The van der Waals surface area contributed by atoms with Gasteiger partial charge in [-0.25, -0.2) is 8.42 Å². The predicted octanol–water partition coefficient (Wildman–Crippen LogP) is 2.11. The van der Waals surface area contributed by atoms with Crippen LogP contribution < -0.4 is 19.7 Å². The van der Waals surface area contributed by atoms with Gasteiger partial charge in [-0.15, -0.1) is 0 Å². The van der Waals surface area contributed by atoms with Crippen molar-refractivity contribution in [1.82, 2.24) is 9.62 Å². The second kappa shape index (κ2) is 9.03. The van der Waals surface area contributed by atoms with E-state index in [1.807, 2.05) is 13.8 Å². The van der Waals surface area contributed by atoms with E-state index in [2.05, 4.69) is 5.32 Å². The van der Waals surface area contributed by atoms with Gasteiger partial charge in [-0.2, -0.15) is 4.31 Å². The minimum absolute atomic E-state index is 0.124. The Morgan fingerprint density at radius 1 is 1.15 bits per heavy atom. The number of rotatable bonds is 7. The first-order valence-corrected chi connectivity index (χ1v) is 12.2. The van der Waals surface area contributed by atoms with Crippen LogP contribution in [0.3, 0.4) is 0 Å². The van der Waals surface area contributed by atoms with Crippen molar-refractivity contribution in [2.75, 3.05) is 25.3 Å². The van der Waals surface area contributed by atoms with Crippen LogP contribution in [0.5, 0.6) is 11.5 Å². The van der Waals surface area contributed by atoms with Crippen LogP contribution in [0.25, 0.3) is 0 Å². The number of carbonyl (C=O) groups is 2. The van der Waals surface area contributed by atoms with E-state index in [9.17, 15) is 18.0 Å². The molecule has 1 saturated heterocycles. The Hall–Kier alpha value is -3.11. The van der Waals surface area contributed by atoms with Gasteiger partial charge < -0.3 is 19.7 Å². The number of nitrogens with zero attached hydrogens (tertiary/aromatic N) is 2. The number of ether oxygens (including phenoxy) is 2. The van der Waals surface area contributed by atoms with Crippen LogP contribution in [0.2, 0.25) is 0 Å². The number of anilines is 1. The zero-order valence-electron chi connectivity index (χ0n) is 18.8. The third kappa shape index (κ3) is 4.67. The predicted molar refractivity (Wildman–Crippen MR) is 121 cm³/mol. The molecule has 2 aromatic carbocycles. The van der Waals surface area contributed by atoms with Gasteiger partial charge in [0.25, 0.3) is 0 Å². The lowest BCUT2D eigenvalue weighted by atomic mass is 10.1. The molecule has 1 N–H and O–H groups in total. The largest absolute Gasteiger partial charge is 0.454 e. The normalized spacial score (nSPS) is 17.8. The monoisotopic (exact) mass is 473 g/mol. The van der Waals surface area contributed by atoms with Crippen molar-refractivity contribution in [2.24, 2.45) is 5.92 Å². The number of sulfonamides is 1. The van der Waals surface area contributed by atoms with E-state index in [1.54, 1.807) is 42.3 Å². The molecule has 0 aliphatic carbocycles. The summed E-state index contributed by atoms with van der Waals surface area (Å²) >= 11 is 0. The first kappa shape index (κ1) is 23.1. The summed E-state index contributed by atoms with van der Waals surface area (Å²) in [6.07, 6.45) is 0.124. The topological polar surface area (TPSA) is 105 Å². The van der Waals surface area contributed by atoms with Gasteiger partial charge in [0.15, 0.2) is 11.5 Å². The molecule has 0 bridgehead atoms. The Morgan fingerprint density at radius 2 is 1.85 bits per heavy atom. The summed E-state index contributed by atoms with van der Waals surface area (Å²) in [5.74, 6) is 0.399. The summed E-state index contributed by atoms with van der Waals surface area (Å²) in [5, 5.41) is 2.85. The minimum atomic E-state index is -3.56. The Bertz CT molecular complexity index is 1160. The Morgan fingerprint density at radius 3 is 2.55 bits per heavy atom. The fourth-order valence-electron chi connectivity index (χ4n) is 3.74. The van der Waals surface area contributed by atoms with Crippen LogP contribution in [0.15, 0.2) is 47.4 Å². The van der Waals surface area contributed by atoms with Gasteiger partial charge >= 0.3 is 0 Å². The van der Waals surface area contributed by atoms with Crippen LogP contribution in [-0.2, 0) is 26.2 Å². The van der Waals surface area contributed by atoms with E-state index in [1.165, 1.54) is 16.4 Å². The van der Waals surface area contributed by atoms with Crippen LogP contribution in [-0.4, -0.2) is 51.0 Å². The highest BCUT2D eigenvalue weighted by molar-refractivity contribution is 7.89. The third-order valence-electron chi connectivity index (χ3n) is 5.96. The molecule has 176 valence electrons. The lowest BCUT2D eigenvalue weighted by Gasteiger charge is -2.21. The molecule has 2 aromatic rings.